The van der Waals surface area contributed by atoms with Gasteiger partial charge in [0, 0.05) is 12.8 Å². The normalized spacial score (nSPS) is 12.5. The molecule has 0 radical (unpaired) electrons. The van der Waals surface area contributed by atoms with Crippen LogP contribution >= 0.6 is 11.8 Å². The van der Waals surface area contributed by atoms with E-state index in [1.807, 2.05) is 60.7 Å². The first kappa shape index (κ1) is 30.8. The molecule has 0 aliphatic rings. The van der Waals surface area contributed by atoms with E-state index in [4.69, 9.17) is 0 Å². The first-order chi connectivity index (χ1) is 18.8. The van der Waals surface area contributed by atoms with Crippen molar-refractivity contribution in [3.8, 4) is 0 Å². The van der Waals surface area contributed by atoms with Gasteiger partial charge in [-0.2, -0.15) is 5.10 Å². The van der Waals surface area contributed by atoms with Crippen molar-refractivity contribution < 1.29 is 13.2 Å². The van der Waals surface area contributed by atoms with Crippen molar-refractivity contribution in [3.05, 3.63) is 83.4 Å². The van der Waals surface area contributed by atoms with Crippen LogP contribution in [-0.4, -0.2) is 71.1 Å². The summed E-state index contributed by atoms with van der Waals surface area (Å²) < 4.78 is 28.9. The van der Waals surface area contributed by atoms with Crippen molar-refractivity contribution >= 4 is 27.0 Å². The van der Waals surface area contributed by atoms with Crippen LogP contribution in [0.25, 0.3) is 0 Å². The van der Waals surface area contributed by atoms with Crippen LogP contribution in [0, 0.1) is 0 Å². The number of benzene rings is 2. The molecule has 0 bridgehead atoms. The highest BCUT2D eigenvalue weighted by molar-refractivity contribution is 8.12. The molecule has 0 saturated heterocycles. The highest BCUT2D eigenvalue weighted by Gasteiger charge is 2.23. The molecule has 0 unspecified atom stereocenters. The minimum atomic E-state index is -3.54. The Morgan fingerprint density at radius 3 is 2.31 bits per heavy atom. The number of carbonyl (C=O) groups excluding carboxylic acids is 1. The summed E-state index contributed by atoms with van der Waals surface area (Å²) in [6, 6.07) is 19.2. The number of hydrogen-bond donors (Lipinski definition) is 2. The molecule has 39 heavy (non-hydrogen) atoms. The minimum absolute atomic E-state index is 0.0439. The lowest BCUT2D eigenvalue weighted by Crippen LogP contribution is -2.33. The van der Waals surface area contributed by atoms with Crippen LogP contribution in [0.15, 0.2) is 60.7 Å². The van der Waals surface area contributed by atoms with E-state index >= 15 is 0 Å². The third-order valence-electron chi connectivity index (χ3n) is 6.44. The molecule has 3 aromatic rings. The van der Waals surface area contributed by atoms with E-state index in [0.29, 0.717) is 36.7 Å². The SMILES string of the molecule is CCN(CC)CCCS(=O)(=O)N[C@H](CCc1ccccc1)c1nc(CN(C)C(=O)SCc2ccccc2)n[nH]1. The van der Waals surface area contributed by atoms with Gasteiger partial charge in [-0.3, -0.25) is 9.89 Å². The Bertz CT molecular complexity index is 1230. The van der Waals surface area contributed by atoms with Gasteiger partial charge in [0.05, 0.1) is 18.3 Å². The Morgan fingerprint density at radius 2 is 1.67 bits per heavy atom. The predicted molar refractivity (Wildman–Crippen MR) is 158 cm³/mol. The molecule has 9 nitrogen and oxygen atoms in total. The average molecular weight is 573 g/mol. The number of H-pyrrole nitrogens is 1. The maximum atomic E-state index is 13.0. The molecule has 1 aromatic heterocycles. The molecule has 212 valence electrons. The van der Waals surface area contributed by atoms with E-state index < -0.39 is 16.1 Å². The summed E-state index contributed by atoms with van der Waals surface area (Å²) >= 11 is 1.22. The van der Waals surface area contributed by atoms with E-state index in [9.17, 15) is 13.2 Å². The molecule has 1 heterocycles. The van der Waals surface area contributed by atoms with Gasteiger partial charge in [-0.05, 0) is 50.0 Å². The molecule has 1 amide bonds. The van der Waals surface area contributed by atoms with Crippen molar-refractivity contribution in [2.45, 2.75) is 51.4 Å². The lowest BCUT2D eigenvalue weighted by Gasteiger charge is -2.19. The van der Waals surface area contributed by atoms with Crippen molar-refractivity contribution in [2.24, 2.45) is 0 Å². The Kier molecular flexibility index (Phi) is 12.4. The first-order valence-electron chi connectivity index (χ1n) is 13.4. The molecule has 0 saturated carbocycles. The van der Waals surface area contributed by atoms with Gasteiger partial charge in [0.2, 0.25) is 10.0 Å². The number of aryl methyl sites for hydroxylation is 1. The number of thioether (sulfide) groups is 1. The fourth-order valence-electron chi connectivity index (χ4n) is 4.14. The third-order valence-corrected chi connectivity index (χ3v) is 8.95. The molecule has 0 aliphatic carbocycles. The largest absolute Gasteiger partial charge is 0.329 e. The first-order valence-corrected chi connectivity index (χ1v) is 16.0. The van der Waals surface area contributed by atoms with Gasteiger partial charge >= 0.3 is 0 Å². The molecule has 0 spiro atoms. The van der Waals surface area contributed by atoms with Gasteiger partial charge in [0.1, 0.15) is 5.82 Å². The second-order valence-electron chi connectivity index (χ2n) is 9.43. The summed E-state index contributed by atoms with van der Waals surface area (Å²) in [7, 11) is -1.83. The zero-order valence-corrected chi connectivity index (χ0v) is 24.7. The topological polar surface area (TPSA) is 111 Å². The predicted octanol–water partition coefficient (Wildman–Crippen LogP) is 4.62. The number of hydrogen-bond acceptors (Lipinski definition) is 7. The zero-order chi connectivity index (χ0) is 28.1. The zero-order valence-electron chi connectivity index (χ0n) is 23.0. The van der Waals surface area contributed by atoms with Crippen LogP contribution in [-0.2, 0) is 28.7 Å². The van der Waals surface area contributed by atoms with Crippen LogP contribution in [0.1, 0.15) is 55.5 Å². The number of rotatable bonds is 16. The summed E-state index contributed by atoms with van der Waals surface area (Å²) in [5.74, 6) is 1.51. The fourth-order valence-corrected chi connectivity index (χ4v) is 6.20. The van der Waals surface area contributed by atoms with Crippen LogP contribution in [0.5, 0.6) is 0 Å². The van der Waals surface area contributed by atoms with Crippen LogP contribution in [0.4, 0.5) is 4.79 Å². The molecule has 2 aromatic carbocycles. The Balaban J connectivity index is 1.63. The lowest BCUT2D eigenvalue weighted by atomic mass is 10.1. The fraction of sp³-hybridized carbons (Fsp3) is 0.464. The van der Waals surface area contributed by atoms with E-state index in [2.05, 4.69) is 38.7 Å². The smallest absolute Gasteiger partial charge is 0.282 e. The number of nitrogens with one attached hydrogen (secondary N) is 2. The number of amides is 1. The van der Waals surface area contributed by atoms with Gasteiger partial charge in [-0.1, -0.05) is 86.3 Å². The second kappa shape index (κ2) is 15.8. The maximum absolute atomic E-state index is 13.0. The molecule has 0 aliphatic heterocycles. The van der Waals surface area contributed by atoms with Crippen LogP contribution in [0.3, 0.4) is 0 Å². The highest BCUT2D eigenvalue weighted by Crippen LogP contribution is 2.20. The standard InChI is InChI=1S/C28H40N6O3S2/c1-4-34(5-2)19-12-20-39(36,37)32-25(18-17-23-13-8-6-9-14-23)27-29-26(30-31-27)21-33(3)28(35)38-22-24-15-10-7-11-16-24/h6-11,13-16,25,32H,4-5,12,17-22H2,1-3H3,(H,29,30,31)/t25-/m1/s1. The van der Waals surface area contributed by atoms with Crippen molar-refractivity contribution in [2.75, 3.05) is 32.4 Å². The molecule has 11 heteroatoms. The molecular weight excluding hydrogens is 532 g/mol. The molecule has 3 rings (SSSR count). The van der Waals surface area contributed by atoms with E-state index in [-0.39, 0.29) is 17.5 Å². The molecule has 2 N–H and O–H groups in total. The lowest BCUT2D eigenvalue weighted by molar-refractivity contribution is 0.230. The average Bonchev–Trinajstić information content (AvgIpc) is 3.41. The summed E-state index contributed by atoms with van der Waals surface area (Å²) in [4.78, 5) is 21.0. The van der Waals surface area contributed by atoms with Crippen LogP contribution < -0.4 is 4.72 Å². The van der Waals surface area contributed by atoms with Crippen molar-refractivity contribution in [1.82, 2.24) is 29.7 Å². The number of sulfonamides is 1. The molecule has 0 fully saturated rings. The number of carbonyl (C=O) groups is 1. The van der Waals surface area contributed by atoms with Crippen molar-refractivity contribution in [1.29, 1.82) is 0 Å². The highest BCUT2D eigenvalue weighted by atomic mass is 32.2. The van der Waals surface area contributed by atoms with Gasteiger partial charge in [0.25, 0.3) is 5.24 Å². The number of aromatic amines is 1. The van der Waals surface area contributed by atoms with E-state index in [1.165, 1.54) is 11.8 Å². The van der Waals surface area contributed by atoms with Gasteiger partial charge < -0.3 is 9.80 Å². The molecular formula is C28H40N6O3S2. The van der Waals surface area contributed by atoms with Gasteiger partial charge in [-0.15, -0.1) is 0 Å². The van der Waals surface area contributed by atoms with Gasteiger partial charge in [-0.25, -0.2) is 18.1 Å². The minimum Gasteiger partial charge on any atom is -0.329 e. The van der Waals surface area contributed by atoms with Gasteiger partial charge in [0.15, 0.2) is 5.82 Å². The summed E-state index contributed by atoms with van der Waals surface area (Å²) in [5.41, 5.74) is 2.19. The number of aromatic nitrogens is 3. The molecule has 1 atom stereocenters. The van der Waals surface area contributed by atoms with E-state index in [1.54, 1.807) is 11.9 Å². The Labute approximate surface area is 236 Å². The van der Waals surface area contributed by atoms with Crippen LogP contribution in [0.2, 0.25) is 0 Å². The summed E-state index contributed by atoms with van der Waals surface area (Å²) in [6.45, 7) is 6.89. The number of nitrogens with zero attached hydrogens (tertiary/aromatic N) is 4. The summed E-state index contributed by atoms with van der Waals surface area (Å²) in [6.07, 6.45) is 1.76. The maximum Gasteiger partial charge on any atom is 0.282 e. The second-order valence-corrected chi connectivity index (χ2v) is 12.2. The van der Waals surface area contributed by atoms with E-state index in [0.717, 1.165) is 30.8 Å². The Morgan fingerprint density at radius 1 is 1.03 bits per heavy atom. The quantitative estimate of drug-likeness (QED) is 0.258. The summed E-state index contributed by atoms with van der Waals surface area (Å²) in [5, 5.41) is 7.12. The third kappa shape index (κ3) is 10.7. The Hall–Kier alpha value is -2.73. The van der Waals surface area contributed by atoms with Crippen molar-refractivity contribution in [3.63, 3.8) is 0 Å². The monoisotopic (exact) mass is 572 g/mol.